The van der Waals surface area contributed by atoms with Gasteiger partial charge in [-0.1, -0.05) is 25.1 Å². The summed E-state index contributed by atoms with van der Waals surface area (Å²) in [5.41, 5.74) is 2.64. The van der Waals surface area contributed by atoms with Crippen LogP contribution in [0.3, 0.4) is 0 Å². The molecule has 5 nitrogen and oxygen atoms in total. The summed E-state index contributed by atoms with van der Waals surface area (Å²) >= 11 is 0. The monoisotopic (exact) mass is 368 g/mol. The summed E-state index contributed by atoms with van der Waals surface area (Å²) in [6, 6.07) is 13.5. The van der Waals surface area contributed by atoms with Crippen LogP contribution in [-0.4, -0.2) is 55.5 Å². The molecule has 0 radical (unpaired) electrons. The molecule has 0 atom stereocenters. The van der Waals surface area contributed by atoms with Crippen molar-refractivity contribution in [2.75, 3.05) is 39.8 Å². The third kappa shape index (κ3) is 4.61. The molecule has 3 rings (SSSR count). The Morgan fingerprint density at radius 1 is 1.04 bits per heavy atom. The van der Waals surface area contributed by atoms with E-state index in [2.05, 4.69) is 11.8 Å². The van der Waals surface area contributed by atoms with Crippen molar-refractivity contribution in [1.29, 1.82) is 0 Å². The number of rotatable bonds is 6. The van der Waals surface area contributed by atoms with Gasteiger partial charge in [-0.3, -0.25) is 4.79 Å². The number of piperazine rings is 1. The lowest BCUT2D eigenvalue weighted by molar-refractivity contribution is 0.0643. The van der Waals surface area contributed by atoms with E-state index in [1.165, 1.54) is 0 Å². The Labute approximate surface area is 161 Å². The Bertz CT molecular complexity index is 783. The number of para-hydroxylation sites is 1. The van der Waals surface area contributed by atoms with E-state index in [1.54, 1.807) is 7.11 Å². The Kier molecular flexibility index (Phi) is 6.35. The van der Waals surface area contributed by atoms with Crippen LogP contribution in [0.15, 0.2) is 42.5 Å². The zero-order valence-electron chi connectivity index (χ0n) is 16.4. The number of carbonyl (C=O) groups is 1. The average Bonchev–Trinajstić information content (AvgIpc) is 2.72. The maximum absolute atomic E-state index is 12.9. The summed E-state index contributed by atoms with van der Waals surface area (Å²) in [5, 5.41) is 0. The molecule has 0 spiro atoms. The van der Waals surface area contributed by atoms with Crippen LogP contribution < -0.4 is 9.47 Å². The highest BCUT2D eigenvalue weighted by atomic mass is 16.5. The molecule has 2 aromatic rings. The van der Waals surface area contributed by atoms with Crippen LogP contribution in [0.4, 0.5) is 0 Å². The number of nitrogens with zero attached hydrogens (tertiary/aromatic N) is 2. The normalized spacial score (nSPS) is 14.9. The Balaban J connectivity index is 1.73. The number of ether oxygens (including phenoxy) is 2. The lowest BCUT2D eigenvalue weighted by atomic mass is 10.1. The molecule has 0 saturated carbocycles. The van der Waals surface area contributed by atoms with E-state index in [0.717, 1.165) is 55.3 Å². The van der Waals surface area contributed by atoms with E-state index in [4.69, 9.17) is 9.47 Å². The summed E-state index contributed by atoms with van der Waals surface area (Å²) in [5.74, 6) is 1.65. The number of hydrogen-bond acceptors (Lipinski definition) is 4. The standard InChI is InChI=1S/C22H28N2O3/c1-4-23-11-13-24(14-12-23)22(25)18-9-10-21(26-3)19(15-18)16-27-20-8-6-5-7-17(20)2/h5-10,15H,4,11-14,16H2,1-3H3. The molecule has 5 heteroatoms. The lowest BCUT2D eigenvalue weighted by Crippen LogP contribution is -2.48. The van der Waals surface area contributed by atoms with Gasteiger partial charge < -0.3 is 19.3 Å². The van der Waals surface area contributed by atoms with Crippen molar-refractivity contribution in [1.82, 2.24) is 9.80 Å². The molecule has 1 aliphatic heterocycles. The Morgan fingerprint density at radius 3 is 2.44 bits per heavy atom. The number of amides is 1. The molecule has 1 aliphatic rings. The molecule has 0 N–H and O–H groups in total. The van der Waals surface area contributed by atoms with Crippen molar-refractivity contribution in [2.45, 2.75) is 20.5 Å². The number of benzene rings is 2. The molecule has 144 valence electrons. The molecular formula is C22H28N2O3. The second-order valence-electron chi connectivity index (χ2n) is 6.81. The first-order valence-electron chi connectivity index (χ1n) is 9.49. The molecular weight excluding hydrogens is 340 g/mol. The van der Waals surface area contributed by atoms with E-state index in [1.807, 2.05) is 54.3 Å². The van der Waals surface area contributed by atoms with Gasteiger partial charge in [0, 0.05) is 37.3 Å². The van der Waals surface area contributed by atoms with E-state index in [-0.39, 0.29) is 5.91 Å². The fourth-order valence-electron chi connectivity index (χ4n) is 3.35. The number of methoxy groups -OCH3 is 1. The summed E-state index contributed by atoms with van der Waals surface area (Å²) in [6.07, 6.45) is 0. The van der Waals surface area contributed by atoms with Crippen LogP contribution in [-0.2, 0) is 6.61 Å². The van der Waals surface area contributed by atoms with Crippen LogP contribution in [0, 0.1) is 6.92 Å². The van der Waals surface area contributed by atoms with Crippen LogP contribution in [0.2, 0.25) is 0 Å². The van der Waals surface area contributed by atoms with Gasteiger partial charge in [0.05, 0.1) is 7.11 Å². The summed E-state index contributed by atoms with van der Waals surface area (Å²) < 4.78 is 11.4. The molecule has 0 aliphatic carbocycles. The summed E-state index contributed by atoms with van der Waals surface area (Å²) in [7, 11) is 1.64. The third-order valence-electron chi connectivity index (χ3n) is 5.11. The van der Waals surface area contributed by atoms with Crippen molar-refractivity contribution in [3.05, 3.63) is 59.2 Å². The van der Waals surface area contributed by atoms with E-state index >= 15 is 0 Å². The fraction of sp³-hybridized carbons (Fsp3) is 0.409. The number of aryl methyl sites for hydroxylation is 1. The van der Waals surface area contributed by atoms with E-state index in [9.17, 15) is 4.79 Å². The summed E-state index contributed by atoms with van der Waals surface area (Å²) in [6.45, 7) is 8.97. The highest BCUT2D eigenvalue weighted by Gasteiger charge is 2.22. The minimum absolute atomic E-state index is 0.0746. The highest BCUT2D eigenvalue weighted by Crippen LogP contribution is 2.24. The summed E-state index contributed by atoms with van der Waals surface area (Å²) in [4.78, 5) is 17.2. The fourth-order valence-corrected chi connectivity index (χ4v) is 3.35. The van der Waals surface area contributed by atoms with Gasteiger partial charge >= 0.3 is 0 Å². The van der Waals surface area contributed by atoms with Crippen LogP contribution in [0.1, 0.15) is 28.4 Å². The minimum Gasteiger partial charge on any atom is -0.496 e. The lowest BCUT2D eigenvalue weighted by Gasteiger charge is -2.34. The van der Waals surface area contributed by atoms with Crippen molar-refractivity contribution in [3.63, 3.8) is 0 Å². The van der Waals surface area contributed by atoms with Gasteiger partial charge in [-0.2, -0.15) is 0 Å². The van der Waals surface area contributed by atoms with E-state index in [0.29, 0.717) is 12.2 Å². The molecule has 1 amide bonds. The second kappa shape index (κ2) is 8.91. The smallest absolute Gasteiger partial charge is 0.253 e. The SMILES string of the molecule is CCN1CCN(C(=O)c2ccc(OC)c(COc3ccccc3C)c2)CC1. The zero-order chi connectivity index (χ0) is 19.2. The van der Waals surface area contributed by atoms with Crippen LogP contribution in [0.25, 0.3) is 0 Å². The molecule has 27 heavy (non-hydrogen) atoms. The molecule has 0 aromatic heterocycles. The largest absolute Gasteiger partial charge is 0.496 e. The topological polar surface area (TPSA) is 42.0 Å². The van der Waals surface area contributed by atoms with Crippen LogP contribution in [0.5, 0.6) is 11.5 Å². The number of carbonyl (C=O) groups excluding carboxylic acids is 1. The van der Waals surface area contributed by atoms with Crippen molar-refractivity contribution < 1.29 is 14.3 Å². The van der Waals surface area contributed by atoms with Gasteiger partial charge in [0.1, 0.15) is 18.1 Å². The molecule has 1 heterocycles. The number of hydrogen-bond donors (Lipinski definition) is 0. The van der Waals surface area contributed by atoms with Gasteiger partial charge in [0.25, 0.3) is 5.91 Å². The van der Waals surface area contributed by atoms with Gasteiger partial charge in [-0.25, -0.2) is 0 Å². The predicted octanol–water partition coefficient (Wildman–Crippen LogP) is 3.36. The minimum atomic E-state index is 0.0746. The predicted molar refractivity (Wildman–Crippen MR) is 107 cm³/mol. The maximum Gasteiger partial charge on any atom is 0.253 e. The van der Waals surface area contributed by atoms with Crippen LogP contribution >= 0.6 is 0 Å². The molecule has 2 aromatic carbocycles. The molecule has 0 bridgehead atoms. The first-order chi connectivity index (χ1) is 13.1. The zero-order valence-corrected chi connectivity index (χ0v) is 16.4. The Hall–Kier alpha value is -2.53. The molecule has 0 unspecified atom stereocenters. The molecule has 1 fully saturated rings. The van der Waals surface area contributed by atoms with Gasteiger partial charge in [0.15, 0.2) is 0 Å². The van der Waals surface area contributed by atoms with Gasteiger partial charge in [-0.05, 0) is 43.3 Å². The highest BCUT2D eigenvalue weighted by molar-refractivity contribution is 5.94. The second-order valence-corrected chi connectivity index (χ2v) is 6.81. The maximum atomic E-state index is 12.9. The first kappa shape index (κ1) is 19.2. The average molecular weight is 368 g/mol. The van der Waals surface area contributed by atoms with Gasteiger partial charge in [-0.15, -0.1) is 0 Å². The first-order valence-corrected chi connectivity index (χ1v) is 9.49. The van der Waals surface area contributed by atoms with Gasteiger partial charge in [0.2, 0.25) is 0 Å². The van der Waals surface area contributed by atoms with E-state index < -0.39 is 0 Å². The quantitative estimate of drug-likeness (QED) is 0.784. The van der Waals surface area contributed by atoms with Crippen molar-refractivity contribution in [3.8, 4) is 11.5 Å². The van der Waals surface area contributed by atoms with Crippen molar-refractivity contribution in [2.24, 2.45) is 0 Å². The third-order valence-corrected chi connectivity index (χ3v) is 5.11. The van der Waals surface area contributed by atoms with Crippen molar-refractivity contribution >= 4 is 5.91 Å². The Morgan fingerprint density at radius 2 is 1.78 bits per heavy atom. The number of likely N-dealkylation sites (N-methyl/N-ethyl adjacent to an activating group) is 1. The molecule has 1 saturated heterocycles.